The minimum atomic E-state index is -3.62. The molecule has 1 aromatic carbocycles. The van der Waals surface area contributed by atoms with Gasteiger partial charge in [0, 0.05) is 11.4 Å². The van der Waals surface area contributed by atoms with Crippen LogP contribution in [-0.4, -0.2) is 20.5 Å². The highest BCUT2D eigenvalue weighted by Crippen LogP contribution is 2.15. The van der Waals surface area contributed by atoms with Gasteiger partial charge in [0.1, 0.15) is 11.5 Å². The van der Waals surface area contributed by atoms with Crippen molar-refractivity contribution < 1.29 is 17.6 Å². The number of amides is 1. The summed E-state index contributed by atoms with van der Waals surface area (Å²) in [5.41, 5.74) is 2.24. The molecule has 0 aliphatic rings. The molecule has 0 bridgehead atoms. The molecule has 0 radical (unpaired) electrons. The molecule has 122 valence electrons. The highest BCUT2D eigenvalue weighted by atomic mass is 79.9. The Morgan fingerprint density at radius 2 is 1.96 bits per heavy atom. The number of hydrazone groups is 1. The maximum atomic E-state index is 12.1. The lowest BCUT2D eigenvalue weighted by atomic mass is 10.4. The molecule has 9 heteroatoms. The van der Waals surface area contributed by atoms with Gasteiger partial charge in [0.05, 0.1) is 17.7 Å². The van der Waals surface area contributed by atoms with E-state index >= 15 is 0 Å². The van der Waals surface area contributed by atoms with Crippen molar-refractivity contribution in [1.82, 2.24) is 10.1 Å². The van der Waals surface area contributed by atoms with Gasteiger partial charge in [-0.15, -0.1) is 0 Å². The van der Waals surface area contributed by atoms with Gasteiger partial charge >= 0.3 is 0 Å². The van der Waals surface area contributed by atoms with Gasteiger partial charge in [0.25, 0.3) is 0 Å². The largest absolute Gasteiger partial charge is 0.459 e. The first-order chi connectivity index (χ1) is 10.9. The Labute approximate surface area is 141 Å². The monoisotopic (exact) mass is 399 g/mol. The van der Waals surface area contributed by atoms with Crippen LogP contribution in [0.1, 0.15) is 18.4 Å². The van der Waals surface area contributed by atoms with Gasteiger partial charge in [-0.1, -0.05) is 15.9 Å². The van der Waals surface area contributed by atoms with E-state index in [1.165, 1.54) is 25.3 Å². The van der Waals surface area contributed by atoms with Crippen LogP contribution in [0.2, 0.25) is 0 Å². The first-order valence-electron chi connectivity index (χ1n) is 6.50. The number of sulfonamides is 1. The zero-order valence-electron chi connectivity index (χ0n) is 12.1. The predicted molar refractivity (Wildman–Crippen MR) is 88.3 cm³/mol. The molecular weight excluding hydrogens is 386 g/mol. The number of nitrogens with one attached hydrogen (secondary N) is 2. The number of benzene rings is 1. The molecule has 0 fully saturated rings. The van der Waals surface area contributed by atoms with E-state index in [1.54, 1.807) is 24.3 Å². The van der Waals surface area contributed by atoms with E-state index in [-0.39, 0.29) is 17.3 Å². The second kappa shape index (κ2) is 7.53. The Balaban J connectivity index is 1.98. The van der Waals surface area contributed by atoms with Crippen molar-refractivity contribution in [2.75, 3.05) is 0 Å². The first kappa shape index (κ1) is 17.4. The summed E-state index contributed by atoms with van der Waals surface area (Å²) in [4.78, 5) is 10.8. The highest BCUT2D eigenvalue weighted by molar-refractivity contribution is 9.10. The average Bonchev–Trinajstić information content (AvgIpc) is 2.93. The van der Waals surface area contributed by atoms with Crippen LogP contribution in [0.15, 0.2) is 55.3 Å². The molecule has 0 aliphatic heterocycles. The van der Waals surface area contributed by atoms with E-state index < -0.39 is 10.0 Å². The average molecular weight is 400 g/mol. The minimum absolute atomic E-state index is 0.00632. The molecule has 2 aromatic rings. The van der Waals surface area contributed by atoms with E-state index in [2.05, 4.69) is 31.2 Å². The molecule has 0 unspecified atom stereocenters. The predicted octanol–water partition coefficient (Wildman–Crippen LogP) is 1.99. The Morgan fingerprint density at radius 3 is 2.61 bits per heavy atom. The zero-order chi connectivity index (χ0) is 16.9. The summed E-state index contributed by atoms with van der Waals surface area (Å²) in [5, 5.41) is 3.66. The van der Waals surface area contributed by atoms with Crippen LogP contribution in [0.4, 0.5) is 0 Å². The lowest BCUT2D eigenvalue weighted by Crippen LogP contribution is -2.22. The normalized spacial score (nSPS) is 11.7. The number of furan rings is 1. The molecule has 1 aromatic heterocycles. The molecule has 2 N–H and O–H groups in total. The first-order valence-corrected chi connectivity index (χ1v) is 8.78. The number of rotatable bonds is 6. The summed E-state index contributed by atoms with van der Waals surface area (Å²) in [6, 6.07) is 9.55. The van der Waals surface area contributed by atoms with Gasteiger partial charge in [-0.25, -0.2) is 18.6 Å². The van der Waals surface area contributed by atoms with Gasteiger partial charge in [0.2, 0.25) is 15.9 Å². The molecule has 1 amide bonds. The maximum absolute atomic E-state index is 12.1. The van der Waals surface area contributed by atoms with Gasteiger partial charge in [-0.2, -0.15) is 5.10 Å². The highest BCUT2D eigenvalue weighted by Gasteiger charge is 2.14. The van der Waals surface area contributed by atoms with E-state index in [9.17, 15) is 13.2 Å². The van der Waals surface area contributed by atoms with Crippen LogP contribution in [0.3, 0.4) is 0 Å². The van der Waals surface area contributed by atoms with Crippen molar-refractivity contribution in [3.05, 3.63) is 52.4 Å². The van der Waals surface area contributed by atoms with Gasteiger partial charge in [-0.3, -0.25) is 4.79 Å². The number of carbonyl (C=O) groups excluding carboxylic acids is 1. The standard InChI is InChI=1S/C14H14BrN3O4S/c1-10(19)18-16-8-12-4-5-13(22-12)9-17-23(20,21)14-6-2-11(15)3-7-14/h2-8,17H,9H2,1H3,(H,18,19)/b16-8-. The van der Waals surface area contributed by atoms with Crippen molar-refractivity contribution in [2.45, 2.75) is 18.4 Å². The molecule has 2 rings (SSSR count). The van der Waals surface area contributed by atoms with Crippen molar-refractivity contribution in [3.8, 4) is 0 Å². The molecule has 0 atom stereocenters. The Morgan fingerprint density at radius 1 is 1.26 bits per heavy atom. The fourth-order valence-corrected chi connectivity index (χ4v) is 2.87. The number of hydrogen-bond donors (Lipinski definition) is 2. The molecule has 0 spiro atoms. The minimum Gasteiger partial charge on any atom is -0.459 e. The van der Waals surface area contributed by atoms with E-state index in [1.807, 2.05) is 0 Å². The third kappa shape index (κ3) is 5.31. The van der Waals surface area contributed by atoms with E-state index in [0.29, 0.717) is 11.5 Å². The summed E-state index contributed by atoms with van der Waals surface area (Å²) < 4.78 is 32.9. The van der Waals surface area contributed by atoms with Gasteiger partial charge < -0.3 is 4.42 Å². The second-order valence-electron chi connectivity index (χ2n) is 4.51. The lowest BCUT2D eigenvalue weighted by molar-refractivity contribution is -0.118. The summed E-state index contributed by atoms with van der Waals surface area (Å²) in [5.74, 6) is 0.529. The molecule has 1 heterocycles. The van der Waals surface area contributed by atoms with Crippen LogP contribution >= 0.6 is 15.9 Å². The van der Waals surface area contributed by atoms with Crippen molar-refractivity contribution in [1.29, 1.82) is 0 Å². The van der Waals surface area contributed by atoms with Crippen LogP contribution in [0.5, 0.6) is 0 Å². The lowest BCUT2D eigenvalue weighted by Gasteiger charge is -2.05. The topological polar surface area (TPSA) is 101 Å². The smallest absolute Gasteiger partial charge is 0.240 e. The molecular formula is C14H14BrN3O4S. The molecule has 23 heavy (non-hydrogen) atoms. The third-order valence-electron chi connectivity index (χ3n) is 2.66. The molecule has 0 saturated heterocycles. The summed E-state index contributed by atoms with van der Waals surface area (Å²) in [6.07, 6.45) is 1.33. The number of nitrogens with zero attached hydrogens (tertiary/aromatic N) is 1. The van der Waals surface area contributed by atoms with E-state index in [0.717, 1.165) is 4.47 Å². The summed E-state index contributed by atoms with van der Waals surface area (Å²) in [6.45, 7) is 1.34. The molecule has 0 aliphatic carbocycles. The van der Waals surface area contributed by atoms with Crippen molar-refractivity contribution >= 4 is 38.1 Å². The molecule has 0 saturated carbocycles. The van der Waals surface area contributed by atoms with Gasteiger partial charge in [-0.05, 0) is 36.4 Å². The summed E-state index contributed by atoms with van der Waals surface area (Å²) >= 11 is 3.25. The van der Waals surface area contributed by atoms with Crippen LogP contribution in [0.25, 0.3) is 0 Å². The fourth-order valence-electron chi connectivity index (χ4n) is 1.61. The molecule has 7 nitrogen and oxygen atoms in total. The quantitative estimate of drug-likeness (QED) is 0.572. The number of halogens is 1. The van der Waals surface area contributed by atoms with Crippen LogP contribution in [-0.2, 0) is 21.4 Å². The maximum Gasteiger partial charge on any atom is 0.240 e. The number of hydrogen-bond acceptors (Lipinski definition) is 5. The Hall–Kier alpha value is -1.97. The van der Waals surface area contributed by atoms with E-state index in [4.69, 9.17) is 4.42 Å². The third-order valence-corrected chi connectivity index (χ3v) is 4.60. The van der Waals surface area contributed by atoms with Crippen LogP contribution in [0, 0.1) is 0 Å². The van der Waals surface area contributed by atoms with Gasteiger partial charge in [0.15, 0.2) is 0 Å². The van der Waals surface area contributed by atoms with Crippen LogP contribution < -0.4 is 10.1 Å². The number of carbonyl (C=O) groups is 1. The zero-order valence-corrected chi connectivity index (χ0v) is 14.5. The Bertz CT molecular complexity index is 813. The van der Waals surface area contributed by atoms with Crippen molar-refractivity contribution in [2.24, 2.45) is 5.10 Å². The summed E-state index contributed by atoms with van der Waals surface area (Å²) in [7, 11) is -3.62. The second-order valence-corrected chi connectivity index (χ2v) is 7.19. The fraction of sp³-hybridized carbons (Fsp3) is 0.143. The SMILES string of the molecule is CC(=O)N/N=C\c1ccc(CNS(=O)(=O)c2ccc(Br)cc2)o1. The Kier molecular flexibility index (Phi) is 5.69. The van der Waals surface area contributed by atoms with Crippen molar-refractivity contribution in [3.63, 3.8) is 0 Å².